The second kappa shape index (κ2) is 4.43. The molecule has 0 spiro atoms. The van der Waals surface area contributed by atoms with E-state index in [-0.39, 0.29) is 6.42 Å². The number of nitrogen functional groups attached to an aromatic ring is 1. The zero-order valence-corrected chi connectivity index (χ0v) is 9.26. The number of hydrogen-bond donors (Lipinski definition) is 3. The molecule has 2 rings (SSSR count). The van der Waals surface area contributed by atoms with Gasteiger partial charge in [-0.3, -0.25) is 4.79 Å². The molecule has 2 aromatic rings. The van der Waals surface area contributed by atoms with E-state index in [4.69, 9.17) is 16.6 Å². The number of nitrogens with two attached hydrogens (primary N) is 2. The molecule has 0 bridgehead atoms. The third kappa shape index (κ3) is 2.37. The third-order valence-electron chi connectivity index (χ3n) is 2.73. The topological polar surface area (TPSA) is 89.3 Å². The summed E-state index contributed by atoms with van der Waals surface area (Å²) in [5.74, 6) is -1.00. The molecule has 1 atom stereocenters. The van der Waals surface area contributed by atoms with Gasteiger partial charge < -0.3 is 16.6 Å². The van der Waals surface area contributed by atoms with Gasteiger partial charge in [0.05, 0.1) is 0 Å². The Bertz CT molecular complexity index is 566. The minimum Gasteiger partial charge on any atom is -0.480 e. The predicted molar refractivity (Wildman–Crippen MR) is 67.7 cm³/mol. The molecule has 5 N–H and O–H groups in total. The van der Waals surface area contributed by atoms with Crippen molar-refractivity contribution in [2.45, 2.75) is 12.5 Å². The van der Waals surface area contributed by atoms with Crippen LogP contribution in [0.4, 0.5) is 5.69 Å². The van der Waals surface area contributed by atoms with Gasteiger partial charge in [-0.15, -0.1) is 0 Å². The van der Waals surface area contributed by atoms with Crippen LogP contribution in [0.5, 0.6) is 0 Å². The van der Waals surface area contributed by atoms with Crippen molar-refractivity contribution >= 4 is 22.4 Å². The van der Waals surface area contributed by atoms with Crippen molar-refractivity contribution in [2.24, 2.45) is 5.73 Å². The van der Waals surface area contributed by atoms with Crippen molar-refractivity contribution in [3.05, 3.63) is 42.0 Å². The molecule has 0 aromatic heterocycles. The molecule has 4 heteroatoms. The molecule has 0 saturated heterocycles. The molecular formula is C13H14N2O2. The number of carbonyl (C=O) groups is 1. The number of carboxylic acid groups (broad SMARTS) is 1. The molecular weight excluding hydrogens is 216 g/mol. The highest BCUT2D eigenvalue weighted by atomic mass is 16.4. The average Bonchev–Trinajstić information content (AvgIpc) is 2.29. The Labute approximate surface area is 98.8 Å². The van der Waals surface area contributed by atoms with Crippen molar-refractivity contribution in [2.75, 3.05) is 5.73 Å². The van der Waals surface area contributed by atoms with Gasteiger partial charge in [-0.2, -0.15) is 0 Å². The normalized spacial score (nSPS) is 12.5. The molecule has 88 valence electrons. The first kappa shape index (κ1) is 11.4. The first-order valence-electron chi connectivity index (χ1n) is 5.33. The van der Waals surface area contributed by atoms with E-state index in [0.717, 1.165) is 16.3 Å². The van der Waals surface area contributed by atoms with Crippen LogP contribution < -0.4 is 11.5 Å². The first-order chi connectivity index (χ1) is 8.08. The van der Waals surface area contributed by atoms with E-state index in [2.05, 4.69) is 0 Å². The molecule has 0 fully saturated rings. The zero-order valence-electron chi connectivity index (χ0n) is 9.26. The van der Waals surface area contributed by atoms with Crippen molar-refractivity contribution in [3.63, 3.8) is 0 Å². The van der Waals surface area contributed by atoms with Gasteiger partial charge in [-0.1, -0.05) is 30.3 Å². The Morgan fingerprint density at radius 2 is 2.00 bits per heavy atom. The van der Waals surface area contributed by atoms with Gasteiger partial charge in [0.25, 0.3) is 0 Å². The summed E-state index contributed by atoms with van der Waals surface area (Å²) in [7, 11) is 0. The van der Waals surface area contributed by atoms with Gasteiger partial charge >= 0.3 is 5.97 Å². The summed E-state index contributed by atoms with van der Waals surface area (Å²) in [6.07, 6.45) is 0.282. The van der Waals surface area contributed by atoms with E-state index in [1.807, 2.05) is 30.3 Å². The quantitative estimate of drug-likeness (QED) is 0.695. The minimum absolute atomic E-state index is 0.282. The molecule has 2 aromatic carbocycles. The van der Waals surface area contributed by atoms with Crippen LogP contribution in [-0.2, 0) is 11.2 Å². The lowest BCUT2D eigenvalue weighted by Gasteiger charge is -2.09. The maximum absolute atomic E-state index is 10.7. The van der Waals surface area contributed by atoms with Gasteiger partial charge in [0, 0.05) is 11.1 Å². The molecule has 0 heterocycles. The van der Waals surface area contributed by atoms with E-state index < -0.39 is 12.0 Å². The maximum Gasteiger partial charge on any atom is 0.320 e. The Kier molecular flexibility index (Phi) is 2.97. The minimum atomic E-state index is -1.00. The fraction of sp³-hybridized carbons (Fsp3) is 0.154. The largest absolute Gasteiger partial charge is 0.480 e. The number of carboxylic acids is 1. The summed E-state index contributed by atoms with van der Waals surface area (Å²) in [4.78, 5) is 10.7. The van der Waals surface area contributed by atoms with Crippen LogP contribution >= 0.6 is 0 Å². The molecule has 17 heavy (non-hydrogen) atoms. The Hall–Kier alpha value is -2.07. The lowest BCUT2D eigenvalue weighted by molar-refractivity contribution is -0.138. The van der Waals surface area contributed by atoms with Crippen LogP contribution in [0.15, 0.2) is 36.4 Å². The van der Waals surface area contributed by atoms with Gasteiger partial charge in [0.2, 0.25) is 0 Å². The highest BCUT2D eigenvalue weighted by Gasteiger charge is 2.12. The molecule has 0 radical (unpaired) electrons. The fourth-order valence-corrected chi connectivity index (χ4v) is 1.86. The van der Waals surface area contributed by atoms with Crippen LogP contribution in [0.1, 0.15) is 5.56 Å². The summed E-state index contributed by atoms with van der Waals surface area (Å²) >= 11 is 0. The maximum atomic E-state index is 10.7. The van der Waals surface area contributed by atoms with Crippen LogP contribution in [0.25, 0.3) is 10.8 Å². The van der Waals surface area contributed by atoms with Crippen molar-refractivity contribution < 1.29 is 9.90 Å². The monoisotopic (exact) mass is 230 g/mol. The summed E-state index contributed by atoms with van der Waals surface area (Å²) in [5.41, 5.74) is 12.9. The number of hydrogen-bond acceptors (Lipinski definition) is 3. The molecule has 0 aliphatic rings. The van der Waals surface area contributed by atoms with Crippen LogP contribution in [0.3, 0.4) is 0 Å². The molecule has 0 unspecified atom stereocenters. The van der Waals surface area contributed by atoms with Gasteiger partial charge in [0.15, 0.2) is 0 Å². The van der Waals surface area contributed by atoms with Gasteiger partial charge in [-0.05, 0) is 23.4 Å². The number of benzene rings is 2. The van der Waals surface area contributed by atoms with E-state index >= 15 is 0 Å². The van der Waals surface area contributed by atoms with Crippen molar-refractivity contribution in [1.82, 2.24) is 0 Å². The van der Waals surface area contributed by atoms with Crippen LogP contribution in [0.2, 0.25) is 0 Å². The highest BCUT2D eigenvalue weighted by Crippen LogP contribution is 2.23. The average molecular weight is 230 g/mol. The number of aliphatic carboxylic acids is 1. The molecule has 0 saturated carbocycles. The van der Waals surface area contributed by atoms with Crippen molar-refractivity contribution in [1.29, 1.82) is 0 Å². The van der Waals surface area contributed by atoms with E-state index in [1.54, 1.807) is 6.07 Å². The molecule has 0 aliphatic heterocycles. The molecule has 0 amide bonds. The second-order valence-electron chi connectivity index (χ2n) is 4.06. The smallest absolute Gasteiger partial charge is 0.320 e. The number of anilines is 1. The fourth-order valence-electron chi connectivity index (χ4n) is 1.86. The Morgan fingerprint density at radius 3 is 2.71 bits per heavy atom. The highest BCUT2D eigenvalue weighted by molar-refractivity contribution is 5.93. The van der Waals surface area contributed by atoms with E-state index in [1.165, 1.54) is 0 Å². The van der Waals surface area contributed by atoms with E-state index in [0.29, 0.717) is 5.69 Å². The summed E-state index contributed by atoms with van der Waals surface area (Å²) < 4.78 is 0. The Morgan fingerprint density at radius 1 is 1.29 bits per heavy atom. The molecule has 4 nitrogen and oxygen atoms in total. The lowest BCUT2D eigenvalue weighted by Crippen LogP contribution is -2.32. The van der Waals surface area contributed by atoms with E-state index in [9.17, 15) is 4.79 Å². The Balaban J connectivity index is 2.40. The zero-order chi connectivity index (χ0) is 12.4. The van der Waals surface area contributed by atoms with Gasteiger partial charge in [0.1, 0.15) is 6.04 Å². The number of rotatable bonds is 3. The second-order valence-corrected chi connectivity index (χ2v) is 4.06. The number of fused-ring (bicyclic) bond motifs is 1. The van der Waals surface area contributed by atoms with Gasteiger partial charge in [-0.25, -0.2) is 0 Å². The third-order valence-corrected chi connectivity index (χ3v) is 2.73. The predicted octanol–water partition coefficient (Wildman–Crippen LogP) is 1.38. The first-order valence-corrected chi connectivity index (χ1v) is 5.33. The SMILES string of the molecule is Nc1cc(C[C@H](N)C(=O)O)cc2ccccc12. The molecule has 0 aliphatic carbocycles. The summed E-state index contributed by atoms with van der Waals surface area (Å²) in [5, 5.41) is 10.7. The van der Waals surface area contributed by atoms with Crippen LogP contribution in [-0.4, -0.2) is 17.1 Å². The summed E-state index contributed by atoms with van der Waals surface area (Å²) in [6, 6.07) is 10.5. The summed E-state index contributed by atoms with van der Waals surface area (Å²) in [6.45, 7) is 0. The lowest BCUT2D eigenvalue weighted by atomic mass is 10.0. The van der Waals surface area contributed by atoms with Crippen LogP contribution in [0, 0.1) is 0 Å². The standard InChI is InChI=1S/C13H14N2O2/c14-11-6-8(7-12(15)13(16)17)5-9-3-1-2-4-10(9)11/h1-6,12H,7,14-15H2,(H,16,17)/t12-/m0/s1. The van der Waals surface area contributed by atoms with Crippen molar-refractivity contribution in [3.8, 4) is 0 Å².